The second kappa shape index (κ2) is 14.8. The summed E-state index contributed by atoms with van der Waals surface area (Å²) >= 11 is 0. The fourth-order valence-electron chi connectivity index (χ4n) is 4.91. The molecule has 1 aliphatic rings. The molecule has 0 aromatic heterocycles. The highest BCUT2D eigenvalue weighted by Gasteiger charge is 2.24. The van der Waals surface area contributed by atoms with Crippen molar-refractivity contribution in [3.63, 3.8) is 0 Å². The highest BCUT2D eigenvalue weighted by molar-refractivity contribution is 6.05. The van der Waals surface area contributed by atoms with Crippen LogP contribution in [0.5, 0.6) is 5.75 Å². The number of nitrogens with zero attached hydrogens (tertiary/aromatic N) is 4. The quantitative estimate of drug-likeness (QED) is 0.140. The Morgan fingerprint density at radius 2 is 1.65 bits per heavy atom. The first kappa shape index (κ1) is 31.0. The molecular weight excluding hydrogens is 548 g/mol. The van der Waals surface area contributed by atoms with Gasteiger partial charge in [-0.1, -0.05) is 12.1 Å². The van der Waals surface area contributed by atoms with Gasteiger partial charge < -0.3 is 30.1 Å². The van der Waals surface area contributed by atoms with Crippen LogP contribution in [0.25, 0.3) is 6.08 Å². The van der Waals surface area contributed by atoms with Gasteiger partial charge in [-0.15, -0.1) is 0 Å². The fourth-order valence-corrected chi connectivity index (χ4v) is 4.91. The van der Waals surface area contributed by atoms with Crippen LogP contribution in [0.2, 0.25) is 0 Å². The van der Waals surface area contributed by atoms with Gasteiger partial charge in [0.15, 0.2) is 0 Å². The Balaban J connectivity index is 1.48. The van der Waals surface area contributed by atoms with E-state index in [0.717, 1.165) is 43.2 Å². The number of non-ortho nitro benzene ring substituents is 1. The zero-order chi connectivity index (χ0) is 30.8. The van der Waals surface area contributed by atoms with Gasteiger partial charge in [0.2, 0.25) is 5.91 Å². The van der Waals surface area contributed by atoms with Gasteiger partial charge >= 0.3 is 0 Å². The van der Waals surface area contributed by atoms with Gasteiger partial charge in [0.25, 0.3) is 11.6 Å². The van der Waals surface area contributed by atoms with Crippen molar-refractivity contribution in [3.8, 4) is 5.75 Å². The van der Waals surface area contributed by atoms with Gasteiger partial charge in [0.05, 0.1) is 23.3 Å². The first-order valence-corrected chi connectivity index (χ1v) is 14.2. The van der Waals surface area contributed by atoms with Crippen LogP contribution in [-0.4, -0.2) is 82.1 Å². The van der Waals surface area contributed by atoms with E-state index in [0.29, 0.717) is 36.4 Å². The number of nitro benzene ring substituents is 1. The third-order valence-electron chi connectivity index (χ3n) is 7.15. The summed E-state index contributed by atoms with van der Waals surface area (Å²) < 4.78 is 5.55. The van der Waals surface area contributed by atoms with E-state index >= 15 is 0 Å². The zero-order valence-electron chi connectivity index (χ0n) is 24.8. The number of amides is 2. The summed E-state index contributed by atoms with van der Waals surface area (Å²) in [6, 6.07) is 19.2. The molecule has 1 aliphatic heterocycles. The number of benzene rings is 3. The molecule has 0 atom stereocenters. The summed E-state index contributed by atoms with van der Waals surface area (Å²) in [5.74, 6) is 0.253. The summed E-state index contributed by atoms with van der Waals surface area (Å²) in [4.78, 5) is 43.0. The highest BCUT2D eigenvalue weighted by atomic mass is 16.6. The Bertz CT molecular complexity index is 1450. The number of rotatable bonds is 12. The van der Waals surface area contributed by atoms with Crippen LogP contribution in [0, 0.1) is 10.1 Å². The zero-order valence-corrected chi connectivity index (χ0v) is 24.8. The topological polar surface area (TPSA) is 120 Å². The van der Waals surface area contributed by atoms with E-state index < -0.39 is 4.92 Å². The van der Waals surface area contributed by atoms with Crippen LogP contribution < -0.4 is 25.2 Å². The molecule has 3 aromatic rings. The number of nitro groups is 1. The molecule has 3 aromatic carbocycles. The number of carbonyl (C=O) groups excluding carboxylic acids is 2. The average molecular weight is 587 g/mol. The Labute approximate surface area is 251 Å². The van der Waals surface area contributed by atoms with Crippen molar-refractivity contribution in [2.45, 2.75) is 6.42 Å². The molecule has 1 fully saturated rings. The number of para-hydroxylation sites is 2. The molecular formula is C32H38N6O5. The molecule has 11 heteroatoms. The van der Waals surface area contributed by atoms with Crippen LogP contribution in [-0.2, 0) is 4.79 Å². The molecule has 1 saturated heterocycles. The monoisotopic (exact) mass is 586 g/mol. The Morgan fingerprint density at radius 1 is 0.977 bits per heavy atom. The minimum Gasteiger partial charge on any atom is -0.495 e. The van der Waals surface area contributed by atoms with Crippen LogP contribution >= 0.6 is 0 Å². The number of piperazine rings is 1. The van der Waals surface area contributed by atoms with Crippen molar-refractivity contribution >= 4 is 40.6 Å². The van der Waals surface area contributed by atoms with Crippen molar-refractivity contribution in [2.24, 2.45) is 0 Å². The van der Waals surface area contributed by atoms with Gasteiger partial charge in [-0.2, -0.15) is 0 Å². The molecule has 43 heavy (non-hydrogen) atoms. The number of carbonyl (C=O) groups is 2. The summed E-state index contributed by atoms with van der Waals surface area (Å²) in [6.07, 6.45) is 3.75. The summed E-state index contributed by atoms with van der Waals surface area (Å²) in [5.41, 5.74) is 3.48. The molecule has 0 radical (unpaired) electrons. The molecule has 0 aliphatic carbocycles. The van der Waals surface area contributed by atoms with Crippen LogP contribution in [0.3, 0.4) is 0 Å². The lowest BCUT2D eigenvalue weighted by molar-refractivity contribution is -0.384. The largest absolute Gasteiger partial charge is 0.495 e. The maximum Gasteiger partial charge on any atom is 0.269 e. The van der Waals surface area contributed by atoms with Crippen molar-refractivity contribution < 1.29 is 19.2 Å². The van der Waals surface area contributed by atoms with Crippen molar-refractivity contribution in [3.05, 3.63) is 94.0 Å². The smallest absolute Gasteiger partial charge is 0.269 e. The predicted molar refractivity (Wildman–Crippen MR) is 170 cm³/mol. The lowest BCUT2D eigenvalue weighted by Gasteiger charge is -2.38. The lowest BCUT2D eigenvalue weighted by atomic mass is 10.1. The Morgan fingerprint density at radius 3 is 2.30 bits per heavy atom. The lowest BCUT2D eigenvalue weighted by Crippen LogP contribution is -2.47. The van der Waals surface area contributed by atoms with Crippen molar-refractivity contribution in [2.75, 3.05) is 75.6 Å². The fraction of sp³-hybridized carbons (Fsp3) is 0.312. The predicted octanol–water partition coefficient (Wildman–Crippen LogP) is 4.26. The van der Waals surface area contributed by atoms with E-state index in [1.807, 2.05) is 38.4 Å². The number of nitrogens with one attached hydrogen (secondary N) is 2. The summed E-state index contributed by atoms with van der Waals surface area (Å²) in [5, 5.41) is 16.7. The van der Waals surface area contributed by atoms with E-state index in [1.165, 1.54) is 18.2 Å². The minimum atomic E-state index is -0.472. The molecule has 226 valence electrons. The van der Waals surface area contributed by atoms with Crippen molar-refractivity contribution in [1.29, 1.82) is 0 Å². The molecule has 0 bridgehead atoms. The van der Waals surface area contributed by atoms with E-state index in [4.69, 9.17) is 4.74 Å². The first-order chi connectivity index (χ1) is 20.7. The Kier molecular flexibility index (Phi) is 10.7. The van der Waals surface area contributed by atoms with Gasteiger partial charge in [-0.05, 0) is 81.2 Å². The van der Waals surface area contributed by atoms with E-state index in [2.05, 4.69) is 31.4 Å². The van der Waals surface area contributed by atoms with Gasteiger partial charge in [0.1, 0.15) is 5.75 Å². The SMILES string of the molecule is COc1ccccc1N1CCN(c2ccc(NC(=O)C=Cc3ccc([N+](=O)[O-])cc3)cc2C(=O)NCCCN(C)C)CC1. The Hall–Kier alpha value is -4.90. The minimum absolute atomic E-state index is 0.0181. The van der Waals surface area contributed by atoms with E-state index in [1.54, 1.807) is 37.5 Å². The van der Waals surface area contributed by atoms with Crippen molar-refractivity contribution in [1.82, 2.24) is 10.2 Å². The third kappa shape index (κ3) is 8.55. The third-order valence-corrected chi connectivity index (χ3v) is 7.15. The van der Waals surface area contributed by atoms with E-state index in [9.17, 15) is 19.7 Å². The number of hydrogen-bond donors (Lipinski definition) is 2. The van der Waals surface area contributed by atoms with Gasteiger partial charge in [-0.25, -0.2) is 0 Å². The van der Waals surface area contributed by atoms with Crippen LogP contribution in [0.1, 0.15) is 22.3 Å². The molecule has 2 amide bonds. The molecule has 0 unspecified atom stereocenters. The average Bonchev–Trinajstić information content (AvgIpc) is 3.02. The number of hydrogen-bond acceptors (Lipinski definition) is 8. The number of methoxy groups -OCH3 is 1. The highest BCUT2D eigenvalue weighted by Crippen LogP contribution is 2.31. The normalized spacial score (nSPS) is 13.3. The number of ether oxygens (including phenoxy) is 1. The molecule has 11 nitrogen and oxygen atoms in total. The standard InChI is InChI=1S/C32H38N6O5/c1-35(2)18-6-17-33-32(40)27-23-25(34-31(39)16-11-24-9-13-26(14-10-24)38(41)42)12-15-28(27)36-19-21-37(22-20-36)29-7-4-5-8-30(29)43-3/h4-5,7-16,23H,6,17-22H2,1-3H3,(H,33,40)(H,34,39). The number of anilines is 3. The molecule has 2 N–H and O–H groups in total. The molecule has 0 saturated carbocycles. The summed E-state index contributed by atoms with van der Waals surface area (Å²) in [6.45, 7) is 4.33. The van der Waals surface area contributed by atoms with Gasteiger partial charge in [0, 0.05) is 62.3 Å². The second-order valence-corrected chi connectivity index (χ2v) is 10.5. The van der Waals surface area contributed by atoms with E-state index in [-0.39, 0.29) is 17.5 Å². The first-order valence-electron chi connectivity index (χ1n) is 14.2. The maximum atomic E-state index is 13.4. The molecule has 0 spiro atoms. The van der Waals surface area contributed by atoms with Crippen LogP contribution in [0.15, 0.2) is 72.8 Å². The van der Waals surface area contributed by atoms with Crippen LogP contribution in [0.4, 0.5) is 22.7 Å². The molecule has 4 rings (SSSR count). The molecule has 1 heterocycles. The van der Waals surface area contributed by atoms with Gasteiger partial charge in [-0.3, -0.25) is 19.7 Å². The second-order valence-electron chi connectivity index (χ2n) is 10.5. The maximum absolute atomic E-state index is 13.4. The summed E-state index contributed by atoms with van der Waals surface area (Å²) in [7, 11) is 5.66.